The molecule has 0 atom stereocenters. The Kier molecular flexibility index (Phi) is 5.57. The summed E-state index contributed by atoms with van der Waals surface area (Å²) in [6.07, 6.45) is 3.74. The Morgan fingerprint density at radius 1 is 0.439 bits per heavy atom. The molecular formula is C35H21N5S. The van der Waals surface area contributed by atoms with Crippen LogP contribution in [0.2, 0.25) is 0 Å². The molecule has 0 N–H and O–H groups in total. The number of benzene rings is 4. The van der Waals surface area contributed by atoms with Crippen molar-refractivity contribution in [2.24, 2.45) is 0 Å². The minimum Gasteiger partial charge on any atom is -0.254 e. The van der Waals surface area contributed by atoms with Crippen molar-refractivity contribution in [3.8, 4) is 45.6 Å². The molecule has 0 radical (unpaired) electrons. The predicted molar refractivity (Wildman–Crippen MR) is 168 cm³/mol. The Hall–Kier alpha value is -5.33. The second kappa shape index (κ2) is 9.70. The molecule has 0 spiro atoms. The zero-order chi connectivity index (χ0) is 27.2. The van der Waals surface area contributed by atoms with Crippen molar-refractivity contribution < 1.29 is 0 Å². The van der Waals surface area contributed by atoms with Crippen molar-refractivity contribution >= 4 is 42.3 Å². The van der Waals surface area contributed by atoms with E-state index in [9.17, 15) is 0 Å². The summed E-state index contributed by atoms with van der Waals surface area (Å²) in [5, 5.41) is 4.51. The largest absolute Gasteiger partial charge is 0.254 e. The van der Waals surface area contributed by atoms with Gasteiger partial charge in [-0.05, 0) is 23.6 Å². The smallest absolute Gasteiger partial charge is 0.164 e. The minimum atomic E-state index is 0.645. The molecule has 0 saturated heterocycles. The number of nitrogens with zero attached hydrogens (tertiary/aromatic N) is 5. The molecule has 6 heteroatoms. The maximum Gasteiger partial charge on any atom is 0.164 e. The third-order valence-electron chi connectivity index (χ3n) is 7.24. The Morgan fingerprint density at radius 3 is 1.78 bits per heavy atom. The van der Waals surface area contributed by atoms with Crippen LogP contribution in [0.3, 0.4) is 0 Å². The fourth-order valence-corrected chi connectivity index (χ4v) is 6.43. The van der Waals surface area contributed by atoms with Gasteiger partial charge in [-0.25, -0.2) is 15.0 Å². The van der Waals surface area contributed by atoms with Gasteiger partial charge in [-0.3, -0.25) is 9.97 Å². The van der Waals surface area contributed by atoms with Crippen LogP contribution in [-0.2, 0) is 0 Å². The molecule has 0 saturated carbocycles. The van der Waals surface area contributed by atoms with Crippen LogP contribution in [0.4, 0.5) is 0 Å². The fraction of sp³-hybridized carbons (Fsp3) is 0. The lowest BCUT2D eigenvalue weighted by Crippen LogP contribution is -2.00. The summed E-state index contributed by atoms with van der Waals surface area (Å²) in [6, 6.07) is 39.0. The molecule has 0 amide bonds. The fourth-order valence-electron chi connectivity index (χ4n) is 5.29. The van der Waals surface area contributed by atoms with Gasteiger partial charge in [-0.15, -0.1) is 11.3 Å². The van der Waals surface area contributed by atoms with E-state index in [-0.39, 0.29) is 0 Å². The van der Waals surface area contributed by atoms with Gasteiger partial charge in [0.1, 0.15) is 0 Å². The van der Waals surface area contributed by atoms with Crippen LogP contribution in [0.1, 0.15) is 0 Å². The molecular weight excluding hydrogens is 522 g/mol. The SMILES string of the molecule is c1ccc(-c2nc(-c3ccccc3)nc(-c3ccc4c(c3)sc3ccnc(-c5nccc6ccccc56)c34)n2)cc1. The highest BCUT2D eigenvalue weighted by atomic mass is 32.1. The normalized spacial score (nSPS) is 11.4. The highest BCUT2D eigenvalue weighted by Gasteiger charge is 2.17. The zero-order valence-electron chi connectivity index (χ0n) is 21.8. The molecule has 0 bridgehead atoms. The lowest BCUT2D eigenvalue weighted by molar-refractivity contribution is 1.07. The molecule has 0 fully saturated rings. The Balaban J connectivity index is 1.32. The van der Waals surface area contributed by atoms with Gasteiger partial charge in [0.25, 0.3) is 0 Å². The van der Waals surface area contributed by atoms with Crippen molar-refractivity contribution in [3.05, 3.63) is 128 Å². The molecule has 0 aliphatic rings. The summed E-state index contributed by atoms with van der Waals surface area (Å²) in [4.78, 5) is 24.3. The molecule has 4 aromatic carbocycles. The van der Waals surface area contributed by atoms with Crippen LogP contribution in [-0.4, -0.2) is 24.9 Å². The molecule has 0 aliphatic carbocycles. The highest BCUT2D eigenvalue weighted by molar-refractivity contribution is 7.26. The molecule has 4 aromatic heterocycles. The van der Waals surface area contributed by atoms with Crippen LogP contribution in [0.25, 0.3) is 76.5 Å². The monoisotopic (exact) mass is 543 g/mol. The van der Waals surface area contributed by atoms with E-state index < -0.39 is 0 Å². The molecule has 8 rings (SSSR count). The van der Waals surface area contributed by atoms with Gasteiger partial charge in [-0.2, -0.15) is 0 Å². The van der Waals surface area contributed by atoms with Crippen LogP contribution >= 0.6 is 11.3 Å². The summed E-state index contributed by atoms with van der Waals surface area (Å²) >= 11 is 1.75. The van der Waals surface area contributed by atoms with Gasteiger partial charge in [-0.1, -0.05) is 97.1 Å². The summed E-state index contributed by atoms with van der Waals surface area (Å²) < 4.78 is 2.32. The summed E-state index contributed by atoms with van der Waals surface area (Å²) in [5.41, 5.74) is 4.65. The lowest BCUT2D eigenvalue weighted by Gasteiger charge is -2.09. The predicted octanol–water partition coefficient (Wildman–Crippen LogP) is 8.85. The highest BCUT2D eigenvalue weighted by Crippen LogP contribution is 2.41. The summed E-state index contributed by atoms with van der Waals surface area (Å²) in [5.74, 6) is 1.95. The Labute approximate surface area is 239 Å². The van der Waals surface area contributed by atoms with Crippen molar-refractivity contribution in [2.75, 3.05) is 0 Å². The Bertz CT molecular complexity index is 2150. The third-order valence-corrected chi connectivity index (χ3v) is 8.36. The van der Waals surface area contributed by atoms with E-state index in [0.29, 0.717) is 17.5 Å². The van der Waals surface area contributed by atoms with Crippen LogP contribution in [0.15, 0.2) is 128 Å². The molecule has 192 valence electrons. The van der Waals surface area contributed by atoms with Crippen LogP contribution in [0.5, 0.6) is 0 Å². The average Bonchev–Trinajstić information content (AvgIpc) is 3.43. The van der Waals surface area contributed by atoms with Gasteiger partial charge in [0.05, 0.1) is 11.4 Å². The van der Waals surface area contributed by atoms with E-state index in [2.05, 4.69) is 42.5 Å². The minimum absolute atomic E-state index is 0.645. The van der Waals surface area contributed by atoms with Crippen molar-refractivity contribution in [3.63, 3.8) is 0 Å². The van der Waals surface area contributed by atoms with Gasteiger partial charge < -0.3 is 0 Å². The molecule has 41 heavy (non-hydrogen) atoms. The first-order chi connectivity index (χ1) is 20.3. The van der Waals surface area contributed by atoms with Gasteiger partial charge in [0, 0.05) is 54.6 Å². The average molecular weight is 544 g/mol. The number of hydrogen-bond acceptors (Lipinski definition) is 6. The Morgan fingerprint density at radius 2 is 1.05 bits per heavy atom. The quantitative estimate of drug-likeness (QED) is 0.222. The number of thiophene rings is 1. The third kappa shape index (κ3) is 4.13. The maximum atomic E-state index is 4.92. The number of aromatic nitrogens is 5. The van der Waals surface area contributed by atoms with Crippen LogP contribution < -0.4 is 0 Å². The van der Waals surface area contributed by atoms with Crippen molar-refractivity contribution in [1.82, 2.24) is 24.9 Å². The summed E-state index contributed by atoms with van der Waals surface area (Å²) in [7, 11) is 0. The van der Waals surface area contributed by atoms with E-state index in [0.717, 1.165) is 54.3 Å². The molecule has 8 aromatic rings. The molecule has 5 nitrogen and oxygen atoms in total. The second-order valence-electron chi connectivity index (χ2n) is 9.76. The van der Waals surface area contributed by atoms with Gasteiger partial charge in [0.15, 0.2) is 17.5 Å². The van der Waals surface area contributed by atoms with Crippen molar-refractivity contribution in [1.29, 1.82) is 0 Å². The maximum absolute atomic E-state index is 4.92. The standard InChI is InChI=1S/C35H21N5S/c1-3-10-23(11-4-1)33-38-34(24-12-5-2-6-13-24)40-35(39-33)25-15-16-27-29(21-25)41-28-18-20-37-32(30(27)28)31-26-14-8-7-9-22(26)17-19-36-31/h1-21H. The first-order valence-corrected chi connectivity index (χ1v) is 14.2. The first-order valence-electron chi connectivity index (χ1n) is 13.3. The molecule has 0 unspecified atom stereocenters. The zero-order valence-corrected chi connectivity index (χ0v) is 22.6. The van der Waals surface area contributed by atoms with E-state index in [4.69, 9.17) is 24.9 Å². The number of rotatable bonds is 4. The van der Waals surface area contributed by atoms with E-state index in [1.54, 1.807) is 11.3 Å². The summed E-state index contributed by atoms with van der Waals surface area (Å²) in [6.45, 7) is 0. The lowest BCUT2D eigenvalue weighted by atomic mass is 10.0. The topological polar surface area (TPSA) is 64.5 Å². The van der Waals surface area contributed by atoms with Crippen LogP contribution in [0, 0.1) is 0 Å². The first kappa shape index (κ1) is 23.5. The second-order valence-corrected chi connectivity index (χ2v) is 10.8. The molecule has 0 aliphatic heterocycles. The number of pyridine rings is 2. The van der Waals surface area contributed by atoms with Gasteiger partial charge >= 0.3 is 0 Å². The van der Waals surface area contributed by atoms with Gasteiger partial charge in [0.2, 0.25) is 0 Å². The van der Waals surface area contributed by atoms with E-state index >= 15 is 0 Å². The molecule has 4 heterocycles. The number of fused-ring (bicyclic) bond motifs is 4. The number of hydrogen-bond donors (Lipinski definition) is 0. The van der Waals surface area contributed by atoms with Crippen molar-refractivity contribution in [2.45, 2.75) is 0 Å². The van der Waals surface area contributed by atoms with E-state index in [1.807, 2.05) is 85.2 Å². The van der Waals surface area contributed by atoms with E-state index in [1.165, 1.54) is 4.70 Å².